The molecule has 0 bridgehead atoms. The van der Waals surface area contributed by atoms with E-state index < -0.39 is 5.82 Å². The summed E-state index contributed by atoms with van der Waals surface area (Å²) in [6.45, 7) is 5.27. The largest absolute Gasteiger partial charge is 0.491 e. The second-order valence-electron chi connectivity index (χ2n) is 10.8. The van der Waals surface area contributed by atoms with E-state index >= 15 is 4.39 Å². The maximum atomic E-state index is 15.4. The number of anilines is 4. The normalized spacial score (nSPS) is 10.9. The van der Waals surface area contributed by atoms with Crippen LogP contribution in [0.4, 0.5) is 27.5 Å². The molecule has 242 valence electrons. The number of hydrogen-bond acceptors (Lipinski definition) is 8. The van der Waals surface area contributed by atoms with Crippen LogP contribution in [0.2, 0.25) is 0 Å². The molecule has 10 nitrogen and oxygen atoms in total. The number of nitrogens with one attached hydrogen (secondary N) is 2. The quantitative estimate of drug-likeness (QED) is 0.0961. The lowest BCUT2D eigenvalue weighted by molar-refractivity contribution is -0.111. The molecular formula is C37H34FN7O3. The maximum absolute atomic E-state index is 15.4. The molecule has 0 aliphatic rings. The number of halogens is 1. The third-order valence-electron chi connectivity index (χ3n) is 7.43. The van der Waals surface area contributed by atoms with Gasteiger partial charge in [-0.2, -0.15) is 9.97 Å². The van der Waals surface area contributed by atoms with Crippen molar-refractivity contribution in [2.75, 3.05) is 35.9 Å². The minimum absolute atomic E-state index is 0.174. The molecule has 0 aliphatic carbocycles. The third-order valence-corrected chi connectivity index (χ3v) is 7.43. The molecule has 0 saturated heterocycles. The Morgan fingerprint density at radius 2 is 1.65 bits per heavy atom. The number of imidazole rings is 1. The van der Waals surface area contributed by atoms with Gasteiger partial charge in [-0.25, -0.2) is 9.37 Å². The van der Waals surface area contributed by atoms with E-state index in [1.54, 1.807) is 31.6 Å². The molecule has 48 heavy (non-hydrogen) atoms. The van der Waals surface area contributed by atoms with Crippen molar-refractivity contribution in [1.82, 2.24) is 19.5 Å². The molecular weight excluding hydrogens is 609 g/mol. The Morgan fingerprint density at radius 1 is 0.917 bits per heavy atom. The first-order valence-corrected chi connectivity index (χ1v) is 15.3. The van der Waals surface area contributed by atoms with Crippen molar-refractivity contribution in [3.8, 4) is 11.4 Å². The molecule has 1 amide bonds. The Bertz CT molecular complexity index is 1980. The Hall–Kier alpha value is -6.07. The summed E-state index contributed by atoms with van der Waals surface area (Å²) >= 11 is 0. The van der Waals surface area contributed by atoms with Crippen molar-refractivity contribution in [2.45, 2.75) is 13.1 Å². The van der Waals surface area contributed by atoms with Gasteiger partial charge in [0.2, 0.25) is 11.9 Å². The summed E-state index contributed by atoms with van der Waals surface area (Å²) in [5.41, 5.74) is 4.66. The average molecular weight is 644 g/mol. The van der Waals surface area contributed by atoms with E-state index in [2.05, 4.69) is 46.4 Å². The zero-order valence-electron chi connectivity index (χ0n) is 26.3. The zero-order valence-corrected chi connectivity index (χ0v) is 26.3. The fourth-order valence-electron chi connectivity index (χ4n) is 5.14. The number of benzene rings is 4. The van der Waals surface area contributed by atoms with E-state index in [0.29, 0.717) is 60.4 Å². The second-order valence-corrected chi connectivity index (χ2v) is 10.8. The van der Waals surface area contributed by atoms with Crippen LogP contribution in [0.15, 0.2) is 122 Å². The minimum Gasteiger partial charge on any atom is -0.491 e. The molecule has 0 saturated carbocycles. The van der Waals surface area contributed by atoms with Crippen LogP contribution in [-0.4, -0.2) is 45.7 Å². The smallest absolute Gasteiger partial charge is 0.247 e. The summed E-state index contributed by atoms with van der Waals surface area (Å²) in [4.78, 5) is 28.7. The fraction of sp³-hybridized carbons (Fsp3) is 0.135. The van der Waals surface area contributed by atoms with E-state index in [0.717, 1.165) is 11.1 Å². The first-order valence-electron chi connectivity index (χ1n) is 15.3. The van der Waals surface area contributed by atoms with Gasteiger partial charge >= 0.3 is 0 Å². The molecule has 2 heterocycles. The van der Waals surface area contributed by atoms with Gasteiger partial charge in [-0.15, -0.1) is 0 Å². The summed E-state index contributed by atoms with van der Waals surface area (Å²) < 4.78 is 27.8. The molecule has 0 atom stereocenters. The van der Waals surface area contributed by atoms with Crippen LogP contribution in [0.5, 0.6) is 5.75 Å². The molecule has 0 spiro atoms. The Balaban J connectivity index is 1.46. The van der Waals surface area contributed by atoms with Crippen LogP contribution in [0.1, 0.15) is 11.1 Å². The minimum atomic E-state index is -0.528. The van der Waals surface area contributed by atoms with Crippen LogP contribution in [-0.2, 0) is 22.6 Å². The number of hydrogen-bond donors (Lipinski definition) is 2. The molecule has 2 aromatic heterocycles. The standard InChI is InChI=1S/C37H34FN7O3/c1-3-33(46)40-28-15-10-16-29(21-28)45-25-39-34-35(44(23-26-11-6-4-7-12-26)24-27-13-8-5-9-14-27)42-37(43-36(34)45)41-32-18-17-30(22-31(32)38)48-20-19-47-2/h3-18,21-22,25H,1,19-20,23-24H2,2H3,(H,40,46)(H,41,42,43). The molecule has 0 unspecified atom stereocenters. The monoisotopic (exact) mass is 643 g/mol. The highest BCUT2D eigenvalue weighted by Crippen LogP contribution is 2.31. The van der Waals surface area contributed by atoms with E-state index in [1.807, 2.05) is 59.2 Å². The summed E-state index contributed by atoms with van der Waals surface area (Å²) in [5.74, 6) is 0.261. The predicted molar refractivity (Wildman–Crippen MR) is 185 cm³/mol. The van der Waals surface area contributed by atoms with Crippen LogP contribution in [0, 0.1) is 5.82 Å². The van der Waals surface area contributed by atoms with E-state index in [-0.39, 0.29) is 17.5 Å². The predicted octanol–water partition coefficient (Wildman–Crippen LogP) is 7.05. The van der Waals surface area contributed by atoms with Gasteiger partial charge in [0.1, 0.15) is 24.5 Å². The van der Waals surface area contributed by atoms with Crippen molar-refractivity contribution in [3.05, 3.63) is 139 Å². The van der Waals surface area contributed by atoms with Gasteiger partial charge in [0, 0.05) is 32.0 Å². The molecule has 0 fully saturated rings. The van der Waals surface area contributed by atoms with Gasteiger partial charge in [0.25, 0.3) is 0 Å². The second kappa shape index (κ2) is 15.0. The highest BCUT2D eigenvalue weighted by atomic mass is 19.1. The van der Waals surface area contributed by atoms with Crippen molar-refractivity contribution >= 4 is 40.2 Å². The number of aromatic nitrogens is 4. The first-order chi connectivity index (χ1) is 23.5. The topological polar surface area (TPSA) is 106 Å². The van der Waals surface area contributed by atoms with Gasteiger partial charge in [-0.1, -0.05) is 73.3 Å². The Morgan fingerprint density at radius 3 is 2.31 bits per heavy atom. The summed E-state index contributed by atoms with van der Waals surface area (Å²) in [6, 6.07) is 32.0. The molecule has 6 rings (SSSR count). The van der Waals surface area contributed by atoms with Crippen LogP contribution < -0.4 is 20.3 Å². The molecule has 4 aromatic carbocycles. The lowest BCUT2D eigenvalue weighted by Gasteiger charge is -2.25. The average Bonchev–Trinajstić information content (AvgIpc) is 3.54. The van der Waals surface area contributed by atoms with Gasteiger partial charge in [0.05, 0.1) is 18.0 Å². The Labute approximate surface area is 277 Å². The number of fused-ring (bicyclic) bond motifs is 1. The van der Waals surface area contributed by atoms with E-state index in [9.17, 15) is 4.79 Å². The number of carbonyl (C=O) groups excluding carboxylic acids is 1. The molecule has 11 heteroatoms. The number of carbonyl (C=O) groups is 1. The van der Waals surface area contributed by atoms with Gasteiger partial charge in [-0.3, -0.25) is 9.36 Å². The van der Waals surface area contributed by atoms with E-state index in [1.165, 1.54) is 12.1 Å². The van der Waals surface area contributed by atoms with Crippen molar-refractivity contribution in [2.24, 2.45) is 0 Å². The number of amides is 1. The number of rotatable bonds is 14. The van der Waals surface area contributed by atoms with Crippen LogP contribution in [0.25, 0.3) is 16.9 Å². The highest BCUT2D eigenvalue weighted by Gasteiger charge is 2.21. The zero-order chi connectivity index (χ0) is 33.3. The van der Waals surface area contributed by atoms with Crippen molar-refractivity contribution < 1.29 is 18.7 Å². The fourth-order valence-corrected chi connectivity index (χ4v) is 5.14. The summed E-state index contributed by atoms with van der Waals surface area (Å²) in [6.07, 6.45) is 2.87. The van der Waals surface area contributed by atoms with Gasteiger partial charge < -0.3 is 25.0 Å². The SMILES string of the molecule is C=CC(=O)Nc1cccc(-n2cnc3c(N(Cc4ccccc4)Cc4ccccc4)nc(Nc4ccc(OCCOC)cc4F)nc32)c1. The molecule has 0 aliphatic heterocycles. The number of ether oxygens (including phenoxy) is 2. The van der Waals surface area contributed by atoms with Gasteiger partial charge in [0.15, 0.2) is 17.0 Å². The highest BCUT2D eigenvalue weighted by molar-refractivity contribution is 5.99. The van der Waals surface area contributed by atoms with Crippen molar-refractivity contribution in [1.29, 1.82) is 0 Å². The van der Waals surface area contributed by atoms with Gasteiger partial charge in [-0.05, 0) is 47.5 Å². The first kappa shape index (κ1) is 31.9. The third kappa shape index (κ3) is 7.65. The number of nitrogens with zero attached hydrogens (tertiary/aromatic N) is 5. The summed E-state index contributed by atoms with van der Waals surface area (Å²) in [5, 5.41) is 5.88. The Kier molecular flexibility index (Phi) is 9.98. The molecule has 6 aromatic rings. The van der Waals surface area contributed by atoms with E-state index in [4.69, 9.17) is 24.4 Å². The van der Waals surface area contributed by atoms with Crippen molar-refractivity contribution in [3.63, 3.8) is 0 Å². The van der Waals surface area contributed by atoms with Crippen LogP contribution in [0.3, 0.4) is 0 Å². The lowest BCUT2D eigenvalue weighted by Crippen LogP contribution is -2.24. The molecule has 2 N–H and O–H groups in total. The summed E-state index contributed by atoms with van der Waals surface area (Å²) in [7, 11) is 1.58. The van der Waals surface area contributed by atoms with Crippen LogP contribution >= 0.6 is 0 Å². The maximum Gasteiger partial charge on any atom is 0.247 e. The molecule has 0 radical (unpaired) electrons. The number of methoxy groups -OCH3 is 1. The lowest BCUT2D eigenvalue weighted by atomic mass is 10.1.